The molecule has 4 nitrogen and oxygen atoms in total. The molecular weight excluding hydrogens is 252 g/mol. The first-order chi connectivity index (χ1) is 9.74. The summed E-state index contributed by atoms with van der Waals surface area (Å²) in [6.45, 7) is 2.42. The van der Waals surface area contributed by atoms with Gasteiger partial charge in [-0.25, -0.2) is 0 Å². The molecule has 0 spiro atoms. The van der Waals surface area contributed by atoms with Gasteiger partial charge in [-0.15, -0.1) is 0 Å². The summed E-state index contributed by atoms with van der Waals surface area (Å²) in [5.74, 6) is 0.252. The molecule has 108 valence electrons. The summed E-state index contributed by atoms with van der Waals surface area (Å²) >= 11 is 0. The Labute approximate surface area is 120 Å². The van der Waals surface area contributed by atoms with E-state index in [1.807, 2.05) is 11.9 Å². The Morgan fingerprint density at radius 3 is 3.05 bits per heavy atom. The van der Waals surface area contributed by atoms with E-state index in [0.29, 0.717) is 12.5 Å². The topological polar surface area (TPSA) is 41.6 Å². The number of benzene rings is 1. The molecule has 2 aliphatic rings. The van der Waals surface area contributed by atoms with Crippen LogP contribution < -0.4 is 5.32 Å². The quantitative estimate of drug-likeness (QED) is 0.908. The minimum atomic E-state index is 0.142. The van der Waals surface area contributed by atoms with Crippen LogP contribution in [0.3, 0.4) is 0 Å². The second-order valence-corrected chi connectivity index (χ2v) is 5.73. The van der Waals surface area contributed by atoms with Crippen molar-refractivity contribution >= 4 is 5.91 Å². The first kappa shape index (κ1) is 13.6. The van der Waals surface area contributed by atoms with E-state index in [1.165, 1.54) is 11.1 Å². The minimum Gasteiger partial charge on any atom is -0.372 e. The van der Waals surface area contributed by atoms with Gasteiger partial charge in [-0.3, -0.25) is 4.79 Å². The van der Waals surface area contributed by atoms with E-state index in [1.54, 1.807) is 0 Å². The summed E-state index contributed by atoms with van der Waals surface area (Å²) in [6, 6.07) is 8.91. The van der Waals surface area contributed by atoms with Gasteiger partial charge >= 0.3 is 0 Å². The number of nitrogens with zero attached hydrogens (tertiary/aromatic N) is 1. The van der Waals surface area contributed by atoms with Crippen molar-refractivity contribution in [1.29, 1.82) is 0 Å². The molecule has 0 saturated carbocycles. The molecule has 0 aliphatic carbocycles. The van der Waals surface area contributed by atoms with Gasteiger partial charge < -0.3 is 15.0 Å². The van der Waals surface area contributed by atoms with Crippen molar-refractivity contribution in [3.63, 3.8) is 0 Å². The van der Waals surface area contributed by atoms with E-state index in [2.05, 4.69) is 29.6 Å². The van der Waals surface area contributed by atoms with Crippen LogP contribution in [-0.4, -0.2) is 43.6 Å². The fourth-order valence-electron chi connectivity index (χ4n) is 3.10. The van der Waals surface area contributed by atoms with Crippen LogP contribution in [0.1, 0.15) is 30.1 Å². The van der Waals surface area contributed by atoms with Crippen molar-refractivity contribution in [3.05, 3.63) is 35.4 Å². The van der Waals surface area contributed by atoms with Gasteiger partial charge in [0.1, 0.15) is 0 Å². The van der Waals surface area contributed by atoms with Crippen molar-refractivity contribution in [2.24, 2.45) is 0 Å². The third-order valence-corrected chi connectivity index (χ3v) is 4.31. The van der Waals surface area contributed by atoms with Crippen LogP contribution in [0.2, 0.25) is 0 Å². The Kier molecular flexibility index (Phi) is 4.03. The van der Waals surface area contributed by atoms with Gasteiger partial charge in [0.15, 0.2) is 0 Å². The number of carbonyl (C=O) groups is 1. The first-order valence-electron chi connectivity index (χ1n) is 7.41. The smallest absolute Gasteiger partial charge is 0.222 e. The normalized spacial score (nSPS) is 26.4. The molecule has 20 heavy (non-hydrogen) atoms. The number of nitrogens with one attached hydrogen (secondary N) is 1. The van der Waals surface area contributed by atoms with Crippen LogP contribution in [0.5, 0.6) is 0 Å². The summed E-state index contributed by atoms with van der Waals surface area (Å²) < 4.78 is 5.90. The number of likely N-dealkylation sites (N-methyl/N-ethyl adjacent to an activating group) is 1. The van der Waals surface area contributed by atoms with Crippen molar-refractivity contribution in [1.82, 2.24) is 10.2 Å². The van der Waals surface area contributed by atoms with E-state index in [-0.39, 0.29) is 12.0 Å². The number of likely N-dealkylation sites (tertiary alicyclic amines) is 1. The molecule has 4 heteroatoms. The van der Waals surface area contributed by atoms with Gasteiger partial charge in [-0.05, 0) is 24.0 Å². The molecule has 1 saturated heterocycles. The lowest BCUT2D eigenvalue weighted by atomic mass is 9.97. The monoisotopic (exact) mass is 274 g/mol. The van der Waals surface area contributed by atoms with Crippen LogP contribution >= 0.6 is 0 Å². The molecule has 1 fully saturated rings. The molecule has 0 radical (unpaired) electrons. The molecule has 1 aromatic carbocycles. The maximum absolute atomic E-state index is 11.5. The van der Waals surface area contributed by atoms with Gasteiger partial charge in [-0.1, -0.05) is 24.3 Å². The molecular formula is C16H22N2O2. The number of rotatable bonds is 3. The SMILES string of the molecule is CN1CC(NCC2OCCc3ccccc32)CCC1=O. The molecule has 2 aliphatic heterocycles. The largest absolute Gasteiger partial charge is 0.372 e. The Balaban J connectivity index is 1.58. The third-order valence-electron chi connectivity index (χ3n) is 4.31. The summed E-state index contributed by atoms with van der Waals surface area (Å²) in [6.07, 6.45) is 2.73. The van der Waals surface area contributed by atoms with E-state index in [4.69, 9.17) is 4.74 Å². The Bertz CT molecular complexity index is 489. The van der Waals surface area contributed by atoms with Crippen molar-refractivity contribution in [2.45, 2.75) is 31.4 Å². The maximum Gasteiger partial charge on any atom is 0.222 e. The summed E-state index contributed by atoms with van der Waals surface area (Å²) in [5.41, 5.74) is 2.72. The molecule has 2 unspecified atom stereocenters. The number of ether oxygens (including phenoxy) is 1. The average Bonchev–Trinajstić information content (AvgIpc) is 2.48. The van der Waals surface area contributed by atoms with Crippen LogP contribution in [0.25, 0.3) is 0 Å². The molecule has 2 heterocycles. The van der Waals surface area contributed by atoms with Gasteiger partial charge in [0.25, 0.3) is 0 Å². The van der Waals surface area contributed by atoms with Crippen LogP contribution in [-0.2, 0) is 16.0 Å². The van der Waals surface area contributed by atoms with Gasteiger partial charge in [-0.2, -0.15) is 0 Å². The maximum atomic E-state index is 11.5. The number of piperidine rings is 1. The molecule has 1 amide bonds. The number of hydrogen-bond acceptors (Lipinski definition) is 3. The predicted octanol–water partition coefficient (Wildman–Crippen LogP) is 1.51. The second-order valence-electron chi connectivity index (χ2n) is 5.73. The summed E-state index contributed by atoms with van der Waals surface area (Å²) in [4.78, 5) is 13.3. The van der Waals surface area contributed by atoms with Crippen molar-refractivity contribution in [2.75, 3.05) is 26.7 Å². The summed E-state index contributed by atoms with van der Waals surface area (Å²) in [5, 5.41) is 3.56. The van der Waals surface area contributed by atoms with Gasteiger partial charge in [0.05, 0.1) is 12.7 Å². The van der Waals surface area contributed by atoms with Crippen LogP contribution in [0.15, 0.2) is 24.3 Å². The first-order valence-corrected chi connectivity index (χ1v) is 7.41. The molecule has 3 rings (SSSR count). The lowest BCUT2D eigenvalue weighted by Gasteiger charge is -2.32. The Morgan fingerprint density at radius 1 is 1.35 bits per heavy atom. The Hall–Kier alpha value is -1.39. The molecule has 0 bridgehead atoms. The van der Waals surface area contributed by atoms with E-state index in [0.717, 1.165) is 32.5 Å². The zero-order valence-corrected chi connectivity index (χ0v) is 12.0. The average molecular weight is 274 g/mol. The fraction of sp³-hybridized carbons (Fsp3) is 0.562. The molecule has 0 aromatic heterocycles. The van der Waals surface area contributed by atoms with Crippen molar-refractivity contribution in [3.8, 4) is 0 Å². The van der Waals surface area contributed by atoms with E-state index < -0.39 is 0 Å². The van der Waals surface area contributed by atoms with Crippen LogP contribution in [0, 0.1) is 0 Å². The van der Waals surface area contributed by atoms with Crippen molar-refractivity contribution < 1.29 is 9.53 Å². The van der Waals surface area contributed by atoms with Crippen LogP contribution in [0.4, 0.5) is 0 Å². The molecule has 1 aromatic rings. The minimum absolute atomic E-state index is 0.142. The van der Waals surface area contributed by atoms with Gasteiger partial charge in [0, 0.05) is 32.6 Å². The van der Waals surface area contributed by atoms with E-state index >= 15 is 0 Å². The highest BCUT2D eigenvalue weighted by molar-refractivity contribution is 5.76. The third kappa shape index (κ3) is 2.86. The van der Waals surface area contributed by atoms with E-state index in [9.17, 15) is 4.79 Å². The standard InChI is InChI=1S/C16H22N2O2/c1-18-11-13(6-7-16(18)19)17-10-15-14-5-3-2-4-12(14)8-9-20-15/h2-5,13,15,17H,6-11H2,1H3. The zero-order valence-electron chi connectivity index (χ0n) is 12.0. The summed E-state index contributed by atoms with van der Waals surface area (Å²) in [7, 11) is 1.88. The number of hydrogen-bond donors (Lipinski definition) is 1. The predicted molar refractivity (Wildman–Crippen MR) is 77.5 cm³/mol. The number of amides is 1. The lowest BCUT2D eigenvalue weighted by Crippen LogP contribution is -2.47. The second kappa shape index (κ2) is 5.94. The highest BCUT2D eigenvalue weighted by Gasteiger charge is 2.25. The fourth-order valence-corrected chi connectivity index (χ4v) is 3.10. The Morgan fingerprint density at radius 2 is 2.20 bits per heavy atom. The molecule has 1 N–H and O–H groups in total. The highest BCUT2D eigenvalue weighted by Crippen LogP contribution is 2.26. The molecule has 2 atom stereocenters. The van der Waals surface area contributed by atoms with Gasteiger partial charge in [0.2, 0.25) is 5.91 Å². The highest BCUT2D eigenvalue weighted by atomic mass is 16.5. The number of carbonyl (C=O) groups excluding carboxylic acids is 1. The lowest BCUT2D eigenvalue weighted by molar-refractivity contribution is -0.132. The zero-order chi connectivity index (χ0) is 13.9. The number of fused-ring (bicyclic) bond motifs is 1.